The van der Waals surface area contributed by atoms with Gasteiger partial charge in [0.15, 0.2) is 0 Å². The molecule has 3 nitrogen and oxygen atoms in total. The molecule has 0 atom stereocenters. The van der Waals surface area contributed by atoms with Gasteiger partial charge in [-0.3, -0.25) is 0 Å². The lowest BCUT2D eigenvalue weighted by molar-refractivity contribution is 0.00578. The van der Waals surface area contributed by atoms with E-state index in [2.05, 4.69) is 65.1 Å². The van der Waals surface area contributed by atoms with Gasteiger partial charge in [0.1, 0.15) is 0 Å². The molecule has 0 saturated carbocycles. The molecule has 0 amide bonds. The molecule has 0 unspecified atom stereocenters. The first-order chi connectivity index (χ1) is 9.23. The fourth-order valence-corrected chi connectivity index (χ4v) is 2.21. The van der Waals surface area contributed by atoms with Crippen LogP contribution in [0, 0.1) is 0 Å². The Kier molecular flexibility index (Phi) is 4.28. The minimum absolute atomic E-state index is 0.287. The van der Waals surface area contributed by atoms with Gasteiger partial charge in [-0.2, -0.15) is 0 Å². The first-order valence-corrected chi connectivity index (χ1v) is 7.40. The van der Waals surface area contributed by atoms with Crippen molar-refractivity contribution in [1.29, 1.82) is 0 Å². The summed E-state index contributed by atoms with van der Waals surface area (Å²) < 4.78 is 12.3. The van der Waals surface area contributed by atoms with E-state index in [0.29, 0.717) is 6.04 Å². The van der Waals surface area contributed by atoms with Crippen LogP contribution in [0.5, 0.6) is 0 Å². The van der Waals surface area contributed by atoms with Gasteiger partial charge < -0.3 is 14.6 Å². The fraction of sp³-hybridized carbons (Fsp3) is 0.625. The topological polar surface area (TPSA) is 30.5 Å². The molecule has 0 spiro atoms. The van der Waals surface area contributed by atoms with E-state index in [0.717, 1.165) is 12.0 Å². The summed E-state index contributed by atoms with van der Waals surface area (Å²) in [6.45, 7) is 13.5. The lowest BCUT2D eigenvalue weighted by Crippen LogP contribution is -2.41. The van der Waals surface area contributed by atoms with E-state index < -0.39 is 0 Å². The van der Waals surface area contributed by atoms with E-state index >= 15 is 0 Å². The Morgan fingerprint density at radius 2 is 1.60 bits per heavy atom. The monoisotopic (exact) mass is 275 g/mol. The van der Waals surface area contributed by atoms with Crippen molar-refractivity contribution < 1.29 is 9.31 Å². The molecule has 1 fully saturated rings. The Bertz CT molecular complexity index is 455. The van der Waals surface area contributed by atoms with Crippen molar-refractivity contribution in [3.63, 3.8) is 0 Å². The van der Waals surface area contributed by atoms with Crippen LogP contribution in [-0.4, -0.2) is 24.4 Å². The zero-order valence-corrected chi connectivity index (χ0v) is 13.5. The summed E-state index contributed by atoms with van der Waals surface area (Å²) in [6.07, 6.45) is 0. The Morgan fingerprint density at radius 1 is 1.05 bits per heavy atom. The van der Waals surface area contributed by atoms with Crippen LogP contribution < -0.4 is 10.8 Å². The van der Waals surface area contributed by atoms with Gasteiger partial charge in [0.2, 0.25) is 0 Å². The van der Waals surface area contributed by atoms with Crippen LogP contribution in [0.2, 0.25) is 0 Å². The van der Waals surface area contributed by atoms with Crippen LogP contribution in [0.25, 0.3) is 0 Å². The van der Waals surface area contributed by atoms with Crippen molar-refractivity contribution in [1.82, 2.24) is 5.32 Å². The van der Waals surface area contributed by atoms with Gasteiger partial charge in [0.25, 0.3) is 0 Å². The predicted molar refractivity (Wildman–Crippen MR) is 84.1 cm³/mol. The highest BCUT2D eigenvalue weighted by atomic mass is 16.7. The second-order valence-electron chi connectivity index (χ2n) is 6.82. The molecule has 4 heteroatoms. The Hall–Kier alpha value is -0.835. The molecule has 0 radical (unpaired) electrons. The molecule has 1 aliphatic heterocycles. The highest BCUT2D eigenvalue weighted by molar-refractivity contribution is 6.62. The third kappa shape index (κ3) is 3.08. The third-order valence-electron chi connectivity index (χ3n) is 4.26. The van der Waals surface area contributed by atoms with Crippen LogP contribution in [0.3, 0.4) is 0 Å². The Labute approximate surface area is 123 Å². The van der Waals surface area contributed by atoms with Crippen LogP contribution in [0.4, 0.5) is 0 Å². The van der Waals surface area contributed by atoms with Gasteiger partial charge in [-0.05, 0) is 38.7 Å². The van der Waals surface area contributed by atoms with E-state index in [1.165, 1.54) is 5.56 Å². The third-order valence-corrected chi connectivity index (χ3v) is 4.26. The Balaban J connectivity index is 2.22. The molecule has 1 aromatic carbocycles. The van der Waals surface area contributed by atoms with E-state index in [-0.39, 0.29) is 18.3 Å². The maximum atomic E-state index is 6.15. The molecule has 2 rings (SSSR count). The molecule has 1 N–H and O–H groups in total. The number of benzene rings is 1. The second kappa shape index (κ2) is 5.51. The first kappa shape index (κ1) is 15.6. The number of nitrogens with one attached hydrogen (secondary N) is 1. The van der Waals surface area contributed by atoms with Crippen molar-refractivity contribution in [2.75, 3.05) is 0 Å². The molecule has 1 aliphatic rings. The van der Waals surface area contributed by atoms with Crippen molar-refractivity contribution in [2.24, 2.45) is 0 Å². The molecule has 1 heterocycles. The number of hydrogen-bond acceptors (Lipinski definition) is 3. The van der Waals surface area contributed by atoms with Gasteiger partial charge in [0, 0.05) is 12.6 Å². The standard InChI is InChI=1S/C16H26BNO2/c1-12(2)18-11-13-9-7-8-10-14(13)17-19-15(3,4)16(5,6)20-17/h7-10,12,18H,11H2,1-6H3. The summed E-state index contributed by atoms with van der Waals surface area (Å²) in [5.41, 5.74) is 1.77. The maximum absolute atomic E-state index is 6.15. The summed E-state index contributed by atoms with van der Waals surface area (Å²) in [7, 11) is -0.287. The molecule has 20 heavy (non-hydrogen) atoms. The van der Waals surface area contributed by atoms with Crippen molar-refractivity contribution >= 4 is 12.6 Å². The molecule has 110 valence electrons. The largest absolute Gasteiger partial charge is 0.495 e. The number of rotatable bonds is 4. The minimum atomic E-state index is -0.295. The number of hydrogen-bond donors (Lipinski definition) is 1. The van der Waals surface area contributed by atoms with E-state index in [1.54, 1.807) is 0 Å². The van der Waals surface area contributed by atoms with Crippen molar-refractivity contribution in [3.8, 4) is 0 Å². The summed E-state index contributed by atoms with van der Waals surface area (Å²) in [6, 6.07) is 8.79. The van der Waals surface area contributed by atoms with Crippen molar-refractivity contribution in [3.05, 3.63) is 29.8 Å². The van der Waals surface area contributed by atoms with E-state index in [9.17, 15) is 0 Å². The molecule has 0 aromatic heterocycles. The molecule has 1 saturated heterocycles. The van der Waals surface area contributed by atoms with Gasteiger partial charge in [0.05, 0.1) is 11.2 Å². The highest BCUT2D eigenvalue weighted by Gasteiger charge is 2.52. The molecular formula is C16H26BNO2. The summed E-state index contributed by atoms with van der Waals surface area (Å²) in [5, 5.41) is 3.46. The van der Waals surface area contributed by atoms with Crippen LogP contribution in [0.15, 0.2) is 24.3 Å². The average Bonchev–Trinajstić information content (AvgIpc) is 2.56. The zero-order valence-electron chi connectivity index (χ0n) is 13.5. The van der Waals surface area contributed by atoms with Crippen LogP contribution >= 0.6 is 0 Å². The van der Waals surface area contributed by atoms with Crippen LogP contribution in [-0.2, 0) is 15.9 Å². The molecule has 0 aliphatic carbocycles. The Morgan fingerprint density at radius 3 is 2.15 bits per heavy atom. The SMILES string of the molecule is CC(C)NCc1ccccc1B1OC(C)(C)C(C)(C)O1. The normalized spacial score (nSPS) is 20.6. The summed E-state index contributed by atoms with van der Waals surface area (Å²) in [5.74, 6) is 0. The molecule has 1 aromatic rings. The zero-order chi connectivity index (χ0) is 15.0. The quantitative estimate of drug-likeness (QED) is 0.856. The van der Waals surface area contributed by atoms with E-state index in [4.69, 9.17) is 9.31 Å². The summed E-state index contributed by atoms with van der Waals surface area (Å²) >= 11 is 0. The van der Waals surface area contributed by atoms with Gasteiger partial charge in [-0.25, -0.2) is 0 Å². The predicted octanol–water partition coefficient (Wildman–Crippen LogP) is 2.48. The molecular weight excluding hydrogens is 249 g/mol. The van der Waals surface area contributed by atoms with E-state index in [1.807, 2.05) is 6.07 Å². The van der Waals surface area contributed by atoms with Crippen LogP contribution in [0.1, 0.15) is 47.1 Å². The van der Waals surface area contributed by atoms with Gasteiger partial charge >= 0.3 is 7.12 Å². The van der Waals surface area contributed by atoms with Crippen molar-refractivity contribution in [2.45, 2.75) is 65.3 Å². The first-order valence-electron chi connectivity index (χ1n) is 7.40. The lowest BCUT2D eigenvalue weighted by Gasteiger charge is -2.32. The highest BCUT2D eigenvalue weighted by Crippen LogP contribution is 2.36. The average molecular weight is 275 g/mol. The maximum Gasteiger partial charge on any atom is 0.495 e. The summed E-state index contributed by atoms with van der Waals surface area (Å²) in [4.78, 5) is 0. The van der Waals surface area contributed by atoms with Gasteiger partial charge in [-0.1, -0.05) is 38.1 Å². The molecule has 0 bridgehead atoms. The fourth-order valence-electron chi connectivity index (χ4n) is 2.21. The minimum Gasteiger partial charge on any atom is -0.399 e. The second-order valence-corrected chi connectivity index (χ2v) is 6.82. The lowest BCUT2D eigenvalue weighted by atomic mass is 9.76. The smallest absolute Gasteiger partial charge is 0.399 e. The van der Waals surface area contributed by atoms with Gasteiger partial charge in [-0.15, -0.1) is 0 Å².